The van der Waals surface area contributed by atoms with Crippen LogP contribution >= 0.6 is 0 Å². The fourth-order valence-corrected chi connectivity index (χ4v) is 1.94. The maximum atomic E-state index is 9.32. The lowest BCUT2D eigenvalue weighted by Crippen LogP contribution is -2.14. The molecule has 1 aromatic rings. The van der Waals surface area contributed by atoms with E-state index in [-0.39, 0.29) is 12.6 Å². The molecule has 2 rings (SSSR count). The summed E-state index contributed by atoms with van der Waals surface area (Å²) < 4.78 is 0. The highest BCUT2D eigenvalue weighted by Gasteiger charge is 2.24. The van der Waals surface area contributed by atoms with Crippen LogP contribution in [-0.2, 0) is 0 Å². The zero-order valence-electron chi connectivity index (χ0n) is 7.98. The molecule has 1 aromatic carbocycles. The average molecular weight is 193 g/mol. The van der Waals surface area contributed by atoms with Crippen molar-refractivity contribution < 1.29 is 10.2 Å². The van der Waals surface area contributed by atoms with E-state index in [0.717, 1.165) is 18.5 Å². The first-order chi connectivity index (χ1) is 6.79. The zero-order chi connectivity index (χ0) is 9.97. The Morgan fingerprint density at radius 1 is 1.43 bits per heavy atom. The van der Waals surface area contributed by atoms with Crippen LogP contribution in [0, 0.1) is 5.92 Å². The highest BCUT2D eigenvalue weighted by molar-refractivity contribution is 5.29. The highest BCUT2D eigenvalue weighted by Crippen LogP contribution is 2.28. The molecular formula is C11H15NO2. The number of phenols is 1. The molecular weight excluding hydrogens is 178 g/mol. The summed E-state index contributed by atoms with van der Waals surface area (Å²) >= 11 is 0. The lowest BCUT2D eigenvalue weighted by Gasteiger charge is -2.10. The number of hydrogen-bond donors (Lipinski definition) is 3. The molecule has 3 heteroatoms. The normalized spacial score (nSPS) is 26.6. The lowest BCUT2D eigenvalue weighted by molar-refractivity contribution is 0.236. The lowest BCUT2D eigenvalue weighted by atomic mass is 10.0. The number of hydrogen-bond acceptors (Lipinski definition) is 3. The molecule has 14 heavy (non-hydrogen) atoms. The third-order valence-electron chi connectivity index (χ3n) is 2.75. The molecule has 3 nitrogen and oxygen atoms in total. The Bertz CT molecular complexity index is 314. The minimum atomic E-state index is 0.238. The van der Waals surface area contributed by atoms with Crippen molar-refractivity contribution in [3.8, 4) is 5.75 Å². The van der Waals surface area contributed by atoms with E-state index >= 15 is 0 Å². The number of benzene rings is 1. The first kappa shape index (κ1) is 9.49. The first-order valence-corrected chi connectivity index (χ1v) is 4.93. The van der Waals surface area contributed by atoms with E-state index in [1.165, 1.54) is 0 Å². The molecule has 2 atom stereocenters. The highest BCUT2D eigenvalue weighted by atomic mass is 16.3. The second-order valence-corrected chi connectivity index (χ2v) is 3.84. The molecule has 0 saturated carbocycles. The van der Waals surface area contributed by atoms with Crippen LogP contribution in [0.4, 0.5) is 0 Å². The van der Waals surface area contributed by atoms with Crippen LogP contribution in [0.1, 0.15) is 18.0 Å². The number of rotatable bonds is 2. The SMILES string of the molecule is OCC1CNC(c2cccc(O)c2)C1. The predicted octanol–water partition coefficient (Wildman–Crippen LogP) is 1.04. The van der Waals surface area contributed by atoms with Crippen LogP contribution < -0.4 is 5.32 Å². The molecule has 3 N–H and O–H groups in total. The Morgan fingerprint density at radius 3 is 2.93 bits per heavy atom. The average Bonchev–Trinajstić information content (AvgIpc) is 2.66. The van der Waals surface area contributed by atoms with Gasteiger partial charge in [0.25, 0.3) is 0 Å². The Kier molecular flexibility index (Phi) is 2.70. The number of nitrogens with one attached hydrogen (secondary N) is 1. The number of aromatic hydroxyl groups is 1. The zero-order valence-corrected chi connectivity index (χ0v) is 7.98. The second-order valence-electron chi connectivity index (χ2n) is 3.84. The molecule has 0 aromatic heterocycles. The van der Waals surface area contributed by atoms with Gasteiger partial charge in [0.1, 0.15) is 5.75 Å². The first-order valence-electron chi connectivity index (χ1n) is 4.93. The standard InChI is InChI=1S/C11H15NO2/c13-7-8-4-11(12-6-8)9-2-1-3-10(14)5-9/h1-3,5,8,11-14H,4,6-7H2. The van der Waals surface area contributed by atoms with Gasteiger partial charge in [-0.15, -0.1) is 0 Å². The van der Waals surface area contributed by atoms with Crippen molar-refractivity contribution in [1.29, 1.82) is 0 Å². The summed E-state index contributed by atoms with van der Waals surface area (Å²) in [7, 11) is 0. The van der Waals surface area contributed by atoms with Crippen LogP contribution in [0.3, 0.4) is 0 Å². The molecule has 0 amide bonds. The summed E-state index contributed by atoms with van der Waals surface area (Å²) in [6.07, 6.45) is 0.944. The van der Waals surface area contributed by atoms with Crippen molar-refractivity contribution in [2.24, 2.45) is 5.92 Å². The van der Waals surface area contributed by atoms with Gasteiger partial charge in [0.05, 0.1) is 0 Å². The largest absolute Gasteiger partial charge is 0.508 e. The molecule has 76 valence electrons. The molecule has 2 unspecified atom stereocenters. The Morgan fingerprint density at radius 2 is 2.29 bits per heavy atom. The topological polar surface area (TPSA) is 52.5 Å². The molecule has 0 bridgehead atoms. The molecule has 1 aliphatic heterocycles. The summed E-state index contributed by atoms with van der Waals surface area (Å²) in [5.41, 5.74) is 1.10. The van der Waals surface area contributed by atoms with E-state index in [1.807, 2.05) is 12.1 Å². The van der Waals surface area contributed by atoms with E-state index in [9.17, 15) is 5.11 Å². The fraction of sp³-hybridized carbons (Fsp3) is 0.455. The van der Waals surface area contributed by atoms with Gasteiger partial charge in [-0.3, -0.25) is 0 Å². The number of phenolic OH excluding ortho intramolecular Hbond substituents is 1. The maximum absolute atomic E-state index is 9.32. The van der Waals surface area contributed by atoms with Crippen LogP contribution in [0.5, 0.6) is 5.75 Å². The van der Waals surface area contributed by atoms with Crippen LogP contribution in [-0.4, -0.2) is 23.4 Å². The van der Waals surface area contributed by atoms with E-state index in [4.69, 9.17) is 5.11 Å². The van der Waals surface area contributed by atoms with Crippen molar-refractivity contribution in [2.75, 3.05) is 13.2 Å². The van der Waals surface area contributed by atoms with Gasteiger partial charge in [0, 0.05) is 19.2 Å². The molecule has 1 saturated heterocycles. The van der Waals surface area contributed by atoms with E-state index in [0.29, 0.717) is 11.7 Å². The van der Waals surface area contributed by atoms with Crippen molar-refractivity contribution in [3.05, 3.63) is 29.8 Å². The summed E-state index contributed by atoms with van der Waals surface area (Å²) in [6.45, 7) is 1.10. The van der Waals surface area contributed by atoms with Crippen LogP contribution in [0.15, 0.2) is 24.3 Å². The van der Waals surface area contributed by atoms with Crippen LogP contribution in [0.25, 0.3) is 0 Å². The van der Waals surface area contributed by atoms with Gasteiger partial charge < -0.3 is 15.5 Å². The molecule has 1 fully saturated rings. The quantitative estimate of drug-likeness (QED) is 0.657. The van der Waals surface area contributed by atoms with Crippen molar-refractivity contribution in [1.82, 2.24) is 5.32 Å². The van der Waals surface area contributed by atoms with Gasteiger partial charge >= 0.3 is 0 Å². The predicted molar refractivity (Wildman–Crippen MR) is 54.0 cm³/mol. The molecule has 1 aliphatic rings. The van der Waals surface area contributed by atoms with Gasteiger partial charge in [-0.2, -0.15) is 0 Å². The van der Waals surface area contributed by atoms with E-state index in [1.54, 1.807) is 12.1 Å². The van der Waals surface area contributed by atoms with Gasteiger partial charge in [-0.05, 0) is 30.0 Å². The molecule has 0 spiro atoms. The van der Waals surface area contributed by atoms with Gasteiger partial charge in [-0.1, -0.05) is 12.1 Å². The van der Waals surface area contributed by atoms with Gasteiger partial charge in [-0.25, -0.2) is 0 Å². The second kappa shape index (κ2) is 3.98. The third-order valence-corrected chi connectivity index (χ3v) is 2.75. The Balaban J connectivity index is 2.09. The summed E-state index contributed by atoms with van der Waals surface area (Å²) in [5, 5.41) is 21.6. The maximum Gasteiger partial charge on any atom is 0.115 e. The monoisotopic (exact) mass is 193 g/mol. The van der Waals surface area contributed by atoms with Crippen molar-refractivity contribution >= 4 is 0 Å². The van der Waals surface area contributed by atoms with Crippen molar-refractivity contribution in [3.63, 3.8) is 0 Å². The molecule has 0 radical (unpaired) electrons. The fourth-order valence-electron chi connectivity index (χ4n) is 1.94. The Labute approximate surface area is 83.4 Å². The minimum Gasteiger partial charge on any atom is -0.508 e. The van der Waals surface area contributed by atoms with Crippen LogP contribution in [0.2, 0.25) is 0 Å². The minimum absolute atomic E-state index is 0.238. The van der Waals surface area contributed by atoms with Gasteiger partial charge in [0.15, 0.2) is 0 Å². The molecule has 1 heterocycles. The number of aliphatic hydroxyl groups is 1. The van der Waals surface area contributed by atoms with E-state index < -0.39 is 0 Å². The molecule has 0 aliphatic carbocycles. The van der Waals surface area contributed by atoms with Crippen molar-refractivity contribution in [2.45, 2.75) is 12.5 Å². The number of aliphatic hydroxyl groups excluding tert-OH is 1. The summed E-state index contributed by atoms with van der Waals surface area (Å²) in [6, 6.07) is 7.56. The van der Waals surface area contributed by atoms with E-state index in [2.05, 4.69) is 5.32 Å². The summed E-state index contributed by atoms with van der Waals surface area (Å²) in [4.78, 5) is 0. The van der Waals surface area contributed by atoms with Gasteiger partial charge in [0.2, 0.25) is 0 Å². The smallest absolute Gasteiger partial charge is 0.115 e. The Hall–Kier alpha value is -1.06. The third kappa shape index (κ3) is 1.89. The summed E-state index contributed by atoms with van der Waals surface area (Å²) in [5.74, 6) is 0.652.